The smallest absolute Gasteiger partial charge is 0.245 e. The summed E-state index contributed by atoms with van der Waals surface area (Å²) in [5, 5.41) is 0. The van der Waals surface area contributed by atoms with Gasteiger partial charge in [0.25, 0.3) is 0 Å². The van der Waals surface area contributed by atoms with E-state index in [4.69, 9.17) is 4.98 Å². The van der Waals surface area contributed by atoms with Gasteiger partial charge in [-0.05, 0) is 37.2 Å². The molecule has 1 aliphatic heterocycles. The third-order valence-corrected chi connectivity index (χ3v) is 4.95. The summed E-state index contributed by atoms with van der Waals surface area (Å²) in [6.07, 6.45) is 7.95. The van der Waals surface area contributed by atoms with Crippen LogP contribution in [-0.2, 0) is 11.2 Å². The number of H-pyrrole nitrogens is 1. The molecule has 3 rings (SSSR count). The van der Waals surface area contributed by atoms with E-state index >= 15 is 0 Å². The number of hydrogen-bond acceptors (Lipinski definition) is 4. The van der Waals surface area contributed by atoms with Crippen molar-refractivity contribution in [2.24, 2.45) is 11.8 Å². The van der Waals surface area contributed by atoms with E-state index in [1.807, 2.05) is 4.90 Å². The third kappa shape index (κ3) is 4.00. The summed E-state index contributed by atoms with van der Waals surface area (Å²) in [6.45, 7) is 9.25. The molecular formula is C20H26N4O2. The number of amides is 1. The number of hydrogen-bond donors (Lipinski definition) is 1. The Kier molecular flexibility index (Phi) is 5.49. The number of nitrogens with one attached hydrogen (secondary N) is 1. The first-order valence-electron chi connectivity index (χ1n) is 9.25. The zero-order valence-corrected chi connectivity index (χ0v) is 15.5. The van der Waals surface area contributed by atoms with E-state index in [0.717, 1.165) is 38.0 Å². The van der Waals surface area contributed by atoms with Crippen LogP contribution >= 0.6 is 0 Å². The van der Waals surface area contributed by atoms with Gasteiger partial charge in [0.2, 0.25) is 5.91 Å². The molecule has 0 saturated carbocycles. The van der Waals surface area contributed by atoms with Crippen LogP contribution in [0.15, 0.2) is 25.0 Å². The van der Waals surface area contributed by atoms with Crippen molar-refractivity contribution in [3.8, 4) is 0 Å². The first-order valence-corrected chi connectivity index (χ1v) is 9.25. The summed E-state index contributed by atoms with van der Waals surface area (Å²) in [6, 6.07) is 0. The van der Waals surface area contributed by atoms with Gasteiger partial charge in [0, 0.05) is 25.7 Å². The summed E-state index contributed by atoms with van der Waals surface area (Å²) >= 11 is 0. The number of aromatic amines is 1. The summed E-state index contributed by atoms with van der Waals surface area (Å²) in [4.78, 5) is 38.2. The minimum atomic E-state index is -0.0160. The molecule has 6 heteroatoms. The number of Topliss-reactive ketones (excluding diaryl/α,β-unsaturated/α-hetero) is 1. The predicted molar refractivity (Wildman–Crippen MR) is 101 cm³/mol. The maximum absolute atomic E-state index is 12.5. The lowest BCUT2D eigenvalue weighted by molar-refractivity contribution is -0.125. The summed E-state index contributed by atoms with van der Waals surface area (Å²) in [5.74, 6) is 0.955. The number of ketones is 1. The minimum absolute atomic E-state index is 0.0160. The Bertz CT molecular complexity index is 824. The van der Waals surface area contributed by atoms with Crippen LogP contribution in [0.2, 0.25) is 0 Å². The van der Waals surface area contributed by atoms with Crippen molar-refractivity contribution >= 4 is 22.9 Å². The predicted octanol–water partition coefficient (Wildman–Crippen LogP) is 3.15. The summed E-state index contributed by atoms with van der Waals surface area (Å²) in [7, 11) is 0. The molecular weight excluding hydrogens is 328 g/mol. The van der Waals surface area contributed by atoms with Crippen LogP contribution in [0.25, 0.3) is 11.2 Å². The van der Waals surface area contributed by atoms with E-state index in [1.54, 1.807) is 12.4 Å². The van der Waals surface area contributed by atoms with Crippen LogP contribution in [-0.4, -0.2) is 44.6 Å². The average molecular weight is 354 g/mol. The van der Waals surface area contributed by atoms with E-state index in [2.05, 4.69) is 30.4 Å². The van der Waals surface area contributed by atoms with Crippen molar-refractivity contribution in [2.75, 3.05) is 13.1 Å². The maximum atomic E-state index is 12.5. The first kappa shape index (κ1) is 18.3. The molecule has 2 aromatic heterocycles. The van der Waals surface area contributed by atoms with Crippen LogP contribution in [0, 0.1) is 11.8 Å². The molecule has 0 unspecified atom stereocenters. The van der Waals surface area contributed by atoms with Gasteiger partial charge in [-0.3, -0.25) is 9.59 Å². The zero-order valence-electron chi connectivity index (χ0n) is 15.5. The number of aromatic nitrogens is 3. The Labute approximate surface area is 153 Å². The lowest BCUT2D eigenvalue weighted by atomic mass is 10.0. The third-order valence-electron chi connectivity index (χ3n) is 4.95. The van der Waals surface area contributed by atoms with Gasteiger partial charge in [-0.15, -0.1) is 0 Å². The largest absolute Gasteiger partial charge is 0.344 e. The van der Waals surface area contributed by atoms with Crippen molar-refractivity contribution in [2.45, 2.75) is 39.5 Å². The molecule has 1 aliphatic rings. The monoisotopic (exact) mass is 354 g/mol. The SMILES string of the molecule is C=CC(=O)N1CC[C@@H](Cc2cnc3[nH]cc(C(=O)CCC(C)C)c3n2)C1. The number of nitrogens with zero attached hydrogens (tertiary/aromatic N) is 3. The van der Waals surface area contributed by atoms with E-state index < -0.39 is 0 Å². The Hall–Kier alpha value is -2.50. The molecule has 26 heavy (non-hydrogen) atoms. The van der Waals surface area contributed by atoms with Crippen LogP contribution in [0.1, 0.15) is 49.2 Å². The van der Waals surface area contributed by atoms with Gasteiger partial charge >= 0.3 is 0 Å². The molecule has 6 nitrogen and oxygen atoms in total. The van der Waals surface area contributed by atoms with Gasteiger partial charge in [0.05, 0.1) is 17.5 Å². The van der Waals surface area contributed by atoms with Crippen molar-refractivity contribution in [3.05, 3.63) is 36.3 Å². The number of fused-ring (bicyclic) bond motifs is 1. The van der Waals surface area contributed by atoms with E-state index in [0.29, 0.717) is 35.0 Å². The highest BCUT2D eigenvalue weighted by atomic mass is 16.2. The number of carbonyl (C=O) groups excluding carboxylic acids is 2. The standard InChI is InChI=1S/C20H26N4O2/c1-4-18(26)24-8-7-14(12-24)9-15-10-21-20-19(23-15)16(11-22-20)17(25)6-5-13(2)3/h4,10-11,13-14H,1,5-9,12H2,2-3H3,(H,21,22)/t14-/m0/s1. The quantitative estimate of drug-likeness (QED) is 0.612. The molecule has 0 aliphatic carbocycles. The summed E-state index contributed by atoms with van der Waals surface area (Å²) in [5.41, 5.74) is 2.81. The molecule has 3 heterocycles. The molecule has 0 bridgehead atoms. The lowest BCUT2D eigenvalue weighted by Gasteiger charge is -2.13. The Morgan fingerprint density at radius 3 is 3.00 bits per heavy atom. The second-order valence-electron chi connectivity index (χ2n) is 7.46. The van der Waals surface area contributed by atoms with E-state index in [9.17, 15) is 9.59 Å². The van der Waals surface area contributed by atoms with Crippen LogP contribution in [0.3, 0.4) is 0 Å². The highest BCUT2D eigenvalue weighted by Crippen LogP contribution is 2.23. The maximum Gasteiger partial charge on any atom is 0.245 e. The number of carbonyl (C=O) groups is 2. The Morgan fingerprint density at radius 1 is 1.46 bits per heavy atom. The van der Waals surface area contributed by atoms with Crippen molar-refractivity contribution in [3.63, 3.8) is 0 Å². The van der Waals surface area contributed by atoms with Gasteiger partial charge in [-0.2, -0.15) is 0 Å². The molecule has 0 aromatic carbocycles. The molecule has 1 saturated heterocycles. The molecule has 0 spiro atoms. The highest BCUT2D eigenvalue weighted by molar-refractivity contribution is 6.05. The summed E-state index contributed by atoms with van der Waals surface area (Å²) < 4.78 is 0. The van der Waals surface area contributed by atoms with Crippen LogP contribution < -0.4 is 0 Å². The van der Waals surface area contributed by atoms with Crippen molar-refractivity contribution < 1.29 is 9.59 Å². The van der Waals surface area contributed by atoms with Gasteiger partial charge < -0.3 is 9.88 Å². The first-order chi connectivity index (χ1) is 12.5. The van der Waals surface area contributed by atoms with E-state index in [-0.39, 0.29) is 11.7 Å². The molecule has 1 amide bonds. The molecule has 0 radical (unpaired) electrons. The fourth-order valence-electron chi connectivity index (χ4n) is 3.42. The average Bonchev–Trinajstić information content (AvgIpc) is 3.25. The second kappa shape index (κ2) is 7.81. The number of rotatable bonds is 7. The zero-order chi connectivity index (χ0) is 18.7. The molecule has 1 atom stereocenters. The molecule has 1 fully saturated rings. The van der Waals surface area contributed by atoms with Gasteiger partial charge in [0.1, 0.15) is 5.52 Å². The highest BCUT2D eigenvalue weighted by Gasteiger charge is 2.25. The number of likely N-dealkylation sites (tertiary alicyclic amines) is 1. The Balaban J connectivity index is 1.72. The topological polar surface area (TPSA) is 79.0 Å². The fraction of sp³-hybridized carbons (Fsp3) is 0.500. The Morgan fingerprint density at radius 2 is 2.27 bits per heavy atom. The van der Waals surface area contributed by atoms with Crippen molar-refractivity contribution in [1.82, 2.24) is 19.9 Å². The molecule has 1 N–H and O–H groups in total. The van der Waals surface area contributed by atoms with Gasteiger partial charge in [-0.1, -0.05) is 20.4 Å². The normalized spacial score (nSPS) is 17.2. The van der Waals surface area contributed by atoms with Crippen LogP contribution in [0.5, 0.6) is 0 Å². The van der Waals surface area contributed by atoms with Crippen LogP contribution in [0.4, 0.5) is 0 Å². The lowest BCUT2D eigenvalue weighted by Crippen LogP contribution is -2.26. The minimum Gasteiger partial charge on any atom is -0.344 e. The fourth-order valence-corrected chi connectivity index (χ4v) is 3.42. The van der Waals surface area contributed by atoms with Crippen molar-refractivity contribution in [1.29, 1.82) is 0 Å². The second-order valence-corrected chi connectivity index (χ2v) is 7.46. The molecule has 2 aromatic rings. The van der Waals surface area contributed by atoms with E-state index in [1.165, 1.54) is 6.08 Å². The van der Waals surface area contributed by atoms with Gasteiger partial charge in [0.15, 0.2) is 11.4 Å². The molecule has 138 valence electrons. The van der Waals surface area contributed by atoms with Gasteiger partial charge in [-0.25, -0.2) is 9.97 Å².